The largest absolute Gasteiger partial charge is 0.573 e. The van der Waals surface area contributed by atoms with Crippen LogP contribution in [0.25, 0.3) is 0 Å². The molecule has 8 nitrogen and oxygen atoms in total. The molecule has 0 fully saturated rings. The topological polar surface area (TPSA) is 100 Å². The zero-order valence-corrected chi connectivity index (χ0v) is 20.6. The molecule has 0 saturated heterocycles. The predicted molar refractivity (Wildman–Crippen MR) is 123 cm³/mol. The Kier molecular flexibility index (Phi) is 8.51. The van der Waals surface area contributed by atoms with Gasteiger partial charge in [-0.05, 0) is 49.1 Å². The van der Waals surface area contributed by atoms with E-state index in [2.05, 4.69) is 9.46 Å². The lowest BCUT2D eigenvalue weighted by atomic mass is 9.85. The summed E-state index contributed by atoms with van der Waals surface area (Å²) in [6.07, 6.45) is -1.65. The second-order valence-corrected chi connectivity index (χ2v) is 9.53. The van der Waals surface area contributed by atoms with Crippen molar-refractivity contribution in [3.8, 4) is 17.2 Å². The normalized spacial score (nSPS) is 18.5. The first-order valence-electron chi connectivity index (χ1n) is 10.9. The number of rotatable bonds is 10. The first kappa shape index (κ1) is 27.3. The first-order chi connectivity index (χ1) is 17.0. The van der Waals surface area contributed by atoms with Crippen molar-refractivity contribution in [3.05, 3.63) is 60.2 Å². The van der Waals surface area contributed by atoms with Gasteiger partial charge in [0.15, 0.2) is 11.5 Å². The van der Waals surface area contributed by atoms with Crippen LogP contribution in [0.15, 0.2) is 59.5 Å². The average Bonchev–Trinajstić information content (AvgIpc) is 3.25. The molecule has 1 aliphatic rings. The van der Waals surface area contributed by atoms with Crippen molar-refractivity contribution in [2.75, 3.05) is 20.8 Å². The maximum Gasteiger partial charge on any atom is 0.573 e. The zero-order valence-electron chi connectivity index (χ0n) is 19.7. The summed E-state index contributed by atoms with van der Waals surface area (Å²) in [6.45, 7) is 1.82. The summed E-state index contributed by atoms with van der Waals surface area (Å²) in [6, 6.07) is 8.67. The van der Waals surface area contributed by atoms with E-state index in [1.54, 1.807) is 37.3 Å². The van der Waals surface area contributed by atoms with Crippen LogP contribution >= 0.6 is 0 Å². The highest BCUT2D eigenvalue weighted by Crippen LogP contribution is 2.39. The molecule has 0 saturated carbocycles. The number of carbonyl (C=O) groups is 1. The molecular formula is C24H26F3NO7S. The van der Waals surface area contributed by atoms with Crippen LogP contribution < -0.4 is 18.9 Å². The molecule has 196 valence electrons. The minimum atomic E-state index is -5.06. The van der Waals surface area contributed by atoms with E-state index in [-0.39, 0.29) is 13.0 Å². The number of alkyl halides is 3. The van der Waals surface area contributed by atoms with E-state index >= 15 is 0 Å². The number of hydrogen-bond donors (Lipinski definition) is 1. The molecule has 1 aliphatic carbocycles. The van der Waals surface area contributed by atoms with Crippen LogP contribution in [0.3, 0.4) is 0 Å². The second kappa shape index (κ2) is 11.2. The highest BCUT2D eigenvalue weighted by Gasteiger charge is 2.37. The summed E-state index contributed by atoms with van der Waals surface area (Å²) < 4.78 is 86.2. The van der Waals surface area contributed by atoms with Crippen LogP contribution in [0.1, 0.15) is 24.8 Å². The van der Waals surface area contributed by atoms with Crippen molar-refractivity contribution < 1.29 is 45.3 Å². The number of carbonyl (C=O) groups excluding carboxylic acids is 1. The van der Waals surface area contributed by atoms with Crippen molar-refractivity contribution in [1.82, 2.24) is 4.72 Å². The lowest BCUT2D eigenvalue weighted by Crippen LogP contribution is -2.34. The van der Waals surface area contributed by atoms with Gasteiger partial charge in [0.2, 0.25) is 10.0 Å². The molecule has 0 spiro atoms. The SMILES string of the molecule is CCOC(=O)[C@H](c1ccc(OC)c(OC)c1)[C@H]1C=C[C@@H](NS(=O)(=O)c2ccccc2OC(F)(F)F)C1. The van der Waals surface area contributed by atoms with Crippen LogP contribution in [-0.2, 0) is 19.6 Å². The number of allylic oxidation sites excluding steroid dienone is 1. The summed E-state index contributed by atoms with van der Waals surface area (Å²) in [4.78, 5) is 12.2. The fourth-order valence-corrected chi connectivity index (χ4v) is 5.37. The van der Waals surface area contributed by atoms with E-state index in [9.17, 15) is 26.4 Å². The molecule has 12 heteroatoms. The molecule has 3 rings (SSSR count). The molecule has 0 radical (unpaired) electrons. The van der Waals surface area contributed by atoms with Crippen LogP contribution in [0.4, 0.5) is 13.2 Å². The van der Waals surface area contributed by atoms with Gasteiger partial charge in [-0.15, -0.1) is 13.2 Å². The standard InChI is InChI=1S/C24H26F3NO7S/c1-4-34-23(29)22(16-10-12-18(32-2)20(14-16)33-3)15-9-11-17(13-15)28-36(30,31)21-8-6-5-7-19(21)35-24(25,26)27/h5-12,14-15,17,22,28H,4,13H2,1-3H3/t15-,17+,22-/m0/s1. The van der Waals surface area contributed by atoms with Gasteiger partial charge in [-0.2, -0.15) is 0 Å². The van der Waals surface area contributed by atoms with Gasteiger partial charge < -0.3 is 18.9 Å². The fourth-order valence-electron chi connectivity index (χ4n) is 4.04. The minimum absolute atomic E-state index is 0.144. The maximum atomic E-state index is 12.9. The Labute approximate surface area is 207 Å². The predicted octanol–water partition coefficient (Wildman–Crippen LogP) is 4.17. The van der Waals surface area contributed by atoms with Crippen molar-refractivity contribution in [2.24, 2.45) is 5.92 Å². The molecule has 0 amide bonds. The molecule has 2 aromatic carbocycles. The van der Waals surface area contributed by atoms with Gasteiger partial charge in [-0.1, -0.05) is 30.4 Å². The first-order valence-corrected chi connectivity index (χ1v) is 12.4. The number of para-hydroxylation sites is 1. The lowest BCUT2D eigenvalue weighted by molar-refractivity contribution is -0.275. The molecule has 36 heavy (non-hydrogen) atoms. The number of sulfonamides is 1. The van der Waals surface area contributed by atoms with Crippen molar-refractivity contribution in [1.29, 1.82) is 0 Å². The molecule has 1 N–H and O–H groups in total. The summed E-state index contributed by atoms with van der Waals surface area (Å²) in [5.41, 5.74) is 0.577. The van der Waals surface area contributed by atoms with Gasteiger partial charge in [0.1, 0.15) is 10.6 Å². The molecule has 2 aromatic rings. The Bertz CT molecular complexity index is 1210. The Morgan fingerprint density at radius 1 is 1.06 bits per heavy atom. The zero-order chi connectivity index (χ0) is 26.5. The summed E-state index contributed by atoms with van der Waals surface area (Å²) in [5.74, 6) is -1.72. The molecular weight excluding hydrogens is 503 g/mol. The third-order valence-electron chi connectivity index (χ3n) is 5.52. The third kappa shape index (κ3) is 6.49. The summed E-state index contributed by atoms with van der Waals surface area (Å²) in [7, 11) is -1.45. The third-order valence-corrected chi connectivity index (χ3v) is 7.05. The number of methoxy groups -OCH3 is 2. The molecule has 0 aromatic heterocycles. The number of benzene rings is 2. The van der Waals surface area contributed by atoms with Gasteiger partial charge in [0.25, 0.3) is 0 Å². The molecule has 0 heterocycles. The number of ether oxygens (including phenoxy) is 4. The Morgan fingerprint density at radius 3 is 2.39 bits per heavy atom. The molecule has 0 aliphatic heterocycles. The van der Waals surface area contributed by atoms with E-state index in [1.165, 1.54) is 26.4 Å². The van der Waals surface area contributed by atoms with Gasteiger partial charge in [0, 0.05) is 6.04 Å². The minimum Gasteiger partial charge on any atom is -0.493 e. The maximum absolute atomic E-state index is 12.9. The van der Waals surface area contributed by atoms with Crippen molar-refractivity contribution in [2.45, 2.75) is 36.6 Å². The smallest absolute Gasteiger partial charge is 0.493 e. The van der Waals surface area contributed by atoms with E-state index in [4.69, 9.17) is 14.2 Å². The number of nitrogens with one attached hydrogen (secondary N) is 1. The molecule has 0 bridgehead atoms. The van der Waals surface area contributed by atoms with E-state index < -0.39 is 50.9 Å². The van der Waals surface area contributed by atoms with E-state index in [0.717, 1.165) is 12.1 Å². The Morgan fingerprint density at radius 2 is 1.75 bits per heavy atom. The van der Waals surface area contributed by atoms with Crippen LogP contribution in [0, 0.1) is 5.92 Å². The van der Waals surface area contributed by atoms with Crippen LogP contribution in [-0.4, -0.2) is 47.6 Å². The monoisotopic (exact) mass is 529 g/mol. The van der Waals surface area contributed by atoms with Gasteiger partial charge in [-0.25, -0.2) is 13.1 Å². The number of halogens is 3. The molecule has 3 atom stereocenters. The molecule has 0 unspecified atom stereocenters. The van der Waals surface area contributed by atoms with Crippen molar-refractivity contribution >= 4 is 16.0 Å². The fraction of sp³-hybridized carbons (Fsp3) is 0.375. The number of hydrogen-bond acceptors (Lipinski definition) is 7. The van der Waals surface area contributed by atoms with Gasteiger partial charge >= 0.3 is 12.3 Å². The quantitative estimate of drug-likeness (QED) is 0.364. The van der Waals surface area contributed by atoms with E-state index in [0.29, 0.717) is 17.1 Å². The Balaban J connectivity index is 1.84. The van der Waals surface area contributed by atoms with Gasteiger partial charge in [-0.3, -0.25) is 4.79 Å². The van der Waals surface area contributed by atoms with Crippen LogP contribution in [0.5, 0.6) is 17.2 Å². The number of esters is 1. The average molecular weight is 530 g/mol. The summed E-state index contributed by atoms with van der Waals surface area (Å²) in [5, 5.41) is 0. The van der Waals surface area contributed by atoms with Crippen molar-refractivity contribution in [3.63, 3.8) is 0 Å². The highest BCUT2D eigenvalue weighted by atomic mass is 32.2. The van der Waals surface area contributed by atoms with Gasteiger partial charge in [0.05, 0.1) is 26.7 Å². The Hall–Kier alpha value is -3.25. The lowest BCUT2D eigenvalue weighted by Gasteiger charge is -2.23. The van der Waals surface area contributed by atoms with Crippen LogP contribution in [0.2, 0.25) is 0 Å². The second-order valence-electron chi connectivity index (χ2n) is 7.85. The highest BCUT2D eigenvalue weighted by molar-refractivity contribution is 7.89. The van der Waals surface area contributed by atoms with E-state index in [1.807, 2.05) is 0 Å². The summed E-state index contributed by atoms with van der Waals surface area (Å²) >= 11 is 0.